The van der Waals surface area contributed by atoms with Gasteiger partial charge in [-0.1, -0.05) is 12.1 Å². The highest BCUT2D eigenvalue weighted by Crippen LogP contribution is 2.28. The first-order valence-corrected chi connectivity index (χ1v) is 6.32. The number of benzene rings is 1. The third kappa shape index (κ3) is 2.92. The zero-order valence-electron chi connectivity index (χ0n) is 9.81. The third-order valence-corrected chi connectivity index (χ3v) is 3.60. The van der Waals surface area contributed by atoms with Crippen LogP contribution >= 0.6 is 11.3 Å². The van der Waals surface area contributed by atoms with Crippen LogP contribution in [0, 0.1) is 12.7 Å². The lowest BCUT2D eigenvalue weighted by molar-refractivity contribution is -0.136. The smallest absolute Gasteiger partial charge is 0.303 e. The van der Waals surface area contributed by atoms with Gasteiger partial charge in [0.05, 0.1) is 12.1 Å². The molecule has 1 aromatic heterocycles. The summed E-state index contributed by atoms with van der Waals surface area (Å²) in [6.45, 7) is 1.90. The molecule has 2 rings (SSSR count). The van der Waals surface area contributed by atoms with Crippen molar-refractivity contribution >= 4 is 17.3 Å². The summed E-state index contributed by atoms with van der Waals surface area (Å²) in [6, 6.07) is 6.25. The van der Waals surface area contributed by atoms with Crippen LogP contribution in [0.25, 0.3) is 10.6 Å². The Bertz CT molecular complexity index is 580. The number of rotatable bonds is 4. The Labute approximate surface area is 108 Å². The van der Waals surface area contributed by atoms with Crippen molar-refractivity contribution in [3.05, 3.63) is 40.7 Å². The molecule has 0 amide bonds. The van der Waals surface area contributed by atoms with Gasteiger partial charge in [0.1, 0.15) is 10.8 Å². The molecule has 1 aromatic carbocycles. The third-order valence-electron chi connectivity index (χ3n) is 2.54. The second kappa shape index (κ2) is 5.27. The van der Waals surface area contributed by atoms with Crippen molar-refractivity contribution in [2.24, 2.45) is 0 Å². The van der Waals surface area contributed by atoms with Gasteiger partial charge in [-0.15, -0.1) is 11.3 Å². The van der Waals surface area contributed by atoms with E-state index in [0.29, 0.717) is 6.42 Å². The monoisotopic (exact) mass is 265 g/mol. The van der Waals surface area contributed by atoms with E-state index in [-0.39, 0.29) is 12.2 Å². The number of nitrogens with zero attached hydrogens (tertiary/aromatic N) is 1. The number of aliphatic carboxylic acids is 1. The van der Waals surface area contributed by atoms with Crippen molar-refractivity contribution in [3.63, 3.8) is 0 Å². The predicted molar refractivity (Wildman–Crippen MR) is 68.2 cm³/mol. The van der Waals surface area contributed by atoms with E-state index in [1.54, 1.807) is 12.1 Å². The minimum Gasteiger partial charge on any atom is -0.481 e. The number of carboxylic acid groups (broad SMARTS) is 1. The van der Waals surface area contributed by atoms with E-state index in [9.17, 15) is 9.18 Å². The number of aryl methyl sites for hydroxylation is 2. The van der Waals surface area contributed by atoms with E-state index in [0.717, 1.165) is 21.1 Å². The molecule has 0 aliphatic rings. The summed E-state index contributed by atoms with van der Waals surface area (Å²) in [7, 11) is 0. The molecule has 94 valence electrons. The maximum atomic E-state index is 13.1. The SMILES string of the molecule is Cc1sc(-c2cccc(F)c2)nc1CCC(=O)O. The maximum Gasteiger partial charge on any atom is 0.303 e. The Morgan fingerprint density at radius 3 is 2.94 bits per heavy atom. The van der Waals surface area contributed by atoms with Crippen molar-refractivity contribution in [3.8, 4) is 10.6 Å². The maximum absolute atomic E-state index is 13.1. The van der Waals surface area contributed by atoms with Crippen LogP contribution in [0.5, 0.6) is 0 Å². The second-order valence-corrected chi connectivity index (χ2v) is 5.13. The fraction of sp³-hybridized carbons (Fsp3) is 0.231. The van der Waals surface area contributed by atoms with Crippen molar-refractivity contribution in [1.29, 1.82) is 0 Å². The van der Waals surface area contributed by atoms with Crippen molar-refractivity contribution < 1.29 is 14.3 Å². The molecule has 0 spiro atoms. The van der Waals surface area contributed by atoms with Crippen LogP contribution < -0.4 is 0 Å². The minimum atomic E-state index is -0.838. The van der Waals surface area contributed by atoms with E-state index in [4.69, 9.17) is 5.11 Å². The zero-order valence-corrected chi connectivity index (χ0v) is 10.6. The molecule has 0 radical (unpaired) electrons. The van der Waals surface area contributed by atoms with Gasteiger partial charge in [0.2, 0.25) is 0 Å². The average molecular weight is 265 g/mol. The zero-order chi connectivity index (χ0) is 13.1. The van der Waals surface area contributed by atoms with Gasteiger partial charge in [0, 0.05) is 16.9 Å². The van der Waals surface area contributed by atoms with Gasteiger partial charge in [0.15, 0.2) is 0 Å². The molecule has 0 aliphatic carbocycles. The van der Waals surface area contributed by atoms with Gasteiger partial charge < -0.3 is 5.11 Å². The van der Waals surface area contributed by atoms with Gasteiger partial charge in [-0.05, 0) is 19.1 Å². The molecule has 0 saturated heterocycles. The molecule has 3 nitrogen and oxygen atoms in total. The predicted octanol–water partition coefficient (Wildman–Crippen LogP) is 3.27. The topological polar surface area (TPSA) is 50.2 Å². The van der Waals surface area contributed by atoms with Gasteiger partial charge in [0.25, 0.3) is 0 Å². The first kappa shape index (κ1) is 12.7. The summed E-state index contributed by atoms with van der Waals surface area (Å²) >= 11 is 1.46. The van der Waals surface area contributed by atoms with Crippen molar-refractivity contribution in [1.82, 2.24) is 4.98 Å². The molecule has 5 heteroatoms. The number of hydrogen-bond donors (Lipinski definition) is 1. The van der Waals surface area contributed by atoms with Crippen LogP contribution in [-0.2, 0) is 11.2 Å². The molecule has 0 atom stereocenters. The highest BCUT2D eigenvalue weighted by molar-refractivity contribution is 7.15. The van der Waals surface area contributed by atoms with E-state index in [1.165, 1.54) is 23.5 Å². The number of carboxylic acids is 1. The summed E-state index contributed by atoms with van der Waals surface area (Å²) in [5.74, 6) is -1.14. The highest BCUT2D eigenvalue weighted by atomic mass is 32.1. The molecule has 2 aromatic rings. The van der Waals surface area contributed by atoms with Gasteiger partial charge >= 0.3 is 5.97 Å². The molecule has 18 heavy (non-hydrogen) atoms. The highest BCUT2D eigenvalue weighted by Gasteiger charge is 2.11. The van der Waals surface area contributed by atoms with E-state index in [1.807, 2.05) is 6.92 Å². The summed E-state index contributed by atoms with van der Waals surface area (Å²) in [4.78, 5) is 15.9. The van der Waals surface area contributed by atoms with E-state index >= 15 is 0 Å². The number of halogens is 1. The standard InChI is InChI=1S/C13H12FNO2S/c1-8-11(5-6-12(16)17)15-13(18-8)9-3-2-4-10(14)7-9/h2-4,7H,5-6H2,1H3,(H,16,17). The Morgan fingerprint density at radius 1 is 1.50 bits per heavy atom. The first-order valence-electron chi connectivity index (χ1n) is 5.50. The summed E-state index contributed by atoms with van der Waals surface area (Å²) in [5, 5.41) is 9.38. The van der Waals surface area contributed by atoms with Crippen molar-refractivity contribution in [2.45, 2.75) is 19.8 Å². The van der Waals surface area contributed by atoms with Gasteiger partial charge in [-0.25, -0.2) is 9.37 Å². The van der Waals surface area contributed by atoms with E-state index in [2.05, 4.69) is 4.98 Å². The quantitative estimate of drug-likeness (QED) is 0.923. The van der Waals surface area contributed by atoms with Crippen LogP contribution in [-0.4, -0.2) is 16.1 Å². The molecule has 0 fully saturated rings. The van der Waals surface area contributed by atoms with Crippen LogP contribution in [0.1, 0.15) is 17.0 Å². The van der Waals surface area contributed by atoms with Crippen LogP contribution in [0.2, 0.25) is 0 Å². The number of carbonyl (C=O) groups is 1. The summed E-state index contributed by atoms with van der Waals surface area (Å²) in [5.41, 5.74) is 1.51. The lowest BCUT2D eigenvalue weighted by atomic mass is 10.2. The number of aromatic nitrogens is 1. The van der Waals surface area contributed by atoms with Crippen LogP contribution in [0.15, 0.2) is 24.3 Å². The molecule has 1 N–H and O–H groups in total. The molecule has 1 heterocycles. The molecular weight excluding hydrogens is 253 g/mol. The minimum absolute atomic E-state index is 0.0627. The number of thiazole rings is 1. The summed E-state index contributed by atoms with van der Waals surface area (Å²) in [6.07, 6.45) is 0.472. The molecule has 0 bridgehead atoms. The van der Waals surface area contributed by atoms with E-state index < -0.39 is 5.97 Å². The summed E-state index contributed by atoms with van der Waals surface area (Å²) < 4.78 is 13.1. The normalized spacial score (nSPS) is 10.6. The molecule has 0 saturated carbocycles. The fourth-order valence-corrected chi connectivity index (χ4v) is 2.59. The molecule has 0 unspecified atom stereocenters. The van der Waals surface area contributed by atoms with Gasteiger partial charge in [-0.3, -0.25) is 4.79 Å². The largest absolute Gasteiger partial charge is 0.481 e. The van der Waals surface area contributed by atoms with Crippen LogP contribution in [0.4, 0.5) is 4.39 Å². The first-order chi connectivity index (χ1) is 8.56. The Balaban J connectivity index is 2.25. The van der Waals surface area contributed by atoms with Gasteiger partial charge in [-0.2, -0.15) is 0 Å². The second-order valence-electron chi connectivity index (χ2n) is 3.93. The Hall–Kier alpha value is -1.75. The fourth-order valence-electron chi connectivity index (χ4n) is 1.63. The Kier molecular flexibility index (Phi) is 3.72. The van der Waals surface area contributed by atoms with Crippen LogP contribution in [0.3, 0.4) is 0 Å². The Morgan fingerprint density at radius 2 is 2.28 bits per heavy atom. The van der Waals surface area contributed by atoms with Crippen molar-refractivity contribution in [2.75, 3.05) is 0 Å². The molecule has 0 aliphatic heterocycles. The molecular formula is C13H12FNO2S. The average Bonchev–Trinajstić information content (AvgIpc) is 2.68. The lowest BCUT2D eigenvalue weighted by Gasteiger charge is -1.96. The number of hydrogen-bond acceptors (Lipinski definition) is 3. The lowest BCUT2D eigenvalue weighted by Crippen LogP contribution is -1.98.